The first kappa shape index (κ1) is 20.9. The smallest absolute Gasteiger partial charge is 0.279 e. The van der Waals surface area contributed by atoms with Gasteiger partial charge in [-0.15, -0.1) is 0 Å². The van der Waals surface area contributed by atoms with Gasteiger partial charge in [-0.25, -0.2) is 4.98 Å². The molecule has 0 amide bonds. The van der Waals surface area contributed by atoms with Gasteiger partial charge in [0.05, 0.1) is 17.8 Å². The van der Waals surface area contributed by atoms with Crippen molar-refractivity contribution in [3.05, 3.63) is 65.6 Å². The Labute approximate surface area is 191 Å². The number of benzene rings is 1. The van der Waals surface area contributed by atoms with Gasteiger partial charge in [-0.3, -0.25) is 5.41 Å². The lowest BCUT2D eigenvalue weighted by Gasteiger charge is -2.29. The second-order valence-corrected chi connectivity index (χ2v) is 8.63. The predicted molar refractivity (Wildman–Crippen MR) is 122 cm³/mol. The Morgan fingerprint density at radius 2 is 2.03 bits per heavy atom. The van der Waals surface area contributed by atoms with Crippen molar-refractivity contribution in [2.75, 3.05) is 7.11 Å². The molecule has 1 saturated carbocycles. The second-order valence-electron chi connectivity index (χ2n) is 8.63. The number of hydrogen-bond acceptors (Lipinski definition) is 7. The Morgan fingerprint density at radius 3 is 2.76 bits per heavy atom. The highest BCUT2D eigenvalue weighted by atomic mass is 16.5. The number of fused-ring (bicyclic) bond motifs is 4. The number of nitrogens with two attached hydrogens (primary N) is 1. The lowest BCUT2D eigenvalue weighted by molar-refractivity contribution is 0.0741. The molecule has 2 aromatic heterocycles. The monoisotopic (exact) mass is 441 g/mol. The number of aromatic nitrogens is 3. The zero-order valence-corrected chi connectivity index (χ0v) is 18.5. The van der Waals surface area contributed by atoms with Gasteiger partial charge in [0.25, 0.3) is 6.02 Å². The molecule has 2 aliphatic rings. The van der Waals surface area contributed by atoms with E-state index in [0.29, 0.717) is 18.1 Å². The van der Waals surface area contributed by atoms with Crippen LogP contribution in [0.1, 0.15) is 37.0 Å². The van der Waals surface area contributed by atoms with Crippen molar-refractivity contribution >= 4 is 6.02 Å². The zero-order chi connectivity index (χ0) is 23.2. The molecule has 5 rings (SSSR count). The van der Waals surface area contributed by atoms with Crippen LogP contribution >= 0.6 is 0 Å². The fourth-order valence-corrected chi connectivity index (χ4v) is 4.15. The fraction of sp³-hybridized carbons (Fsp3) is 0.280. The molecule has 3 aromatic rings. The SMILES string of the molecule is COC(C)(C)C#Cc1cnc2c(c1)[C@]1(CC1OC(=N)N)c1cc(-c3ccnnc3)ccc1O2. The molecule has 0 saturated heterocycles. The van der Waals surface area contributed by atoms with E-state index in [1.54, 1.807) is 25.7 Å². The van der Waals surface area contributed by atoms with Crippen LogP contribution in [0.5, 0.6) is 11.6 Å². The van der Waals surface area contributed by atoms with Crippen molar-refractivity contribution in [1.82, 2.24) is 15.2 Å². The molecular formula is C25H23N5O3. The highest BCUT2D eigenvalue weighted by Gasteiger charge is 2.63. The van der Waals surface area contributed by atoms with E-state index in [2.05, 4.69) is 33.1 Å². The fourth-order valence-electron chi connectivity index (χ4n) is 4.15. The van der Waals surface area contributed by atoms with Crippen molar-refractivity contribution in [3.8, 4) is 34.6 Å². The molecule has 33 heavy (non-hydrogen) atoms. The molecule has 0 radical (unpaired) electrons. The average Bonchev–Trinajstić information content (AvgIpc) is 3.51. The van der Waals surface area contributed by atoms with Crippen LogP contribution in [0.4, 0.5) is 0 Å². The highest BCUT2D eigenvalue weighted by molar-refractivity contribution is 5.73. The lowest BCUT2D eigenvalue weighted by Crippen LogP contribution is -2.26. The van der Waals surface area contributed by atoms with Crippen molar-refractivity contribution in [2.24, 2.45) is 5.73 Å². The van der Waals surface area contributed by atoms with Crippen molar-refractivity contribution in [2.45, 2.75) is 37.4 Å². The van der Waals surface area contributed by atoms with Gasteiger partial charge in [-0.2, -0.15) is 10.2 Å². The van der Waals surface area contributed by atoms with Gasteiger partial charge in [0.1, 0.15) is 17.5 Å². The number of methoxy groups -OCH3 is 1. The van der Waals surface area contributed by atoms with Crippen LogP contribution in [0.3, 0.4) is 0 Å². The van der Waals surface area contributed by atoms with Crippen LogP contribution in [-0.2, 0) is 14.9 Å². The standard InChI is InChI=1S/C25H23N5O3/c1-24(2,31-3)8-6-15-10-19-22(28-13-15)32-20-5-4-16(17-7-9-29-30-14-17)11-18(20)25(19)12-21(25)33-23(26)27/h4-5,7,9-11,13-14,21H,12H2,1-3H3,(H3,26,27)/t21?,25-/m0/s1. The third-order valence-electron chi connectivity index (χ3n) is 6.10. The van der Waals surface area contributed by atoms with Crippen molar-refractivity contribution in [3.63, 3.8) is 0 Å². The quantitative estimate of drug-likeness (QED) is 0.364. The van der Waals surface area contributed by atoms with Gasteiger partial charge < -0.3 is 19.9 Å². The molecule has 1 aliphatic carbocycles. The molecule has 8 nitrogen and oxygen atoms in total. The Morgan fingerprint density at radius 1 is 1.18 bits per heavy atom. The van der Waals surface area contributed by atoms with Gasteiger partial charge in [-0.1, -0.05) is 17.9 Å². The Bertz CT molecular complexity index is 1310. The molecule has 8 heteroatoms. The van der Waals surface area contributed by atoms with Crippen LogP contribution in [-0.4, -0.2) is 40.0 Å². The largest absolute Gasteiger partial charge is 0.461 e. The highest BCUT2D eigenvalue weighted by Crippen LogP contribution is 2.62. The van der Waals surface area contributed by atoms with Gasteiger partial charge >= 0.3 is 0 Å². The minimum Gasteiger partial charge on any atom is -0.461 e. The molecule has 0 bridgehead atoms. The van der Waals surface area contributed by atoms with Crippen LogP contribution in [0, 0.1) is 17.3 Å². The molecule has 2 atom stereocenters. The number of hydrogen-bond donors (Lipinski definition) is 2. The molecule has 1 aliphatic heterocycles. The second kappa shape index (κ2) is 7.57. The molecule has 3 N–H and O–H groups in total. The summed E-state index contributed by atoms with van der Waals surface area (Å²) < 4.78 is 17.3. The zero-order valence-electron chi connectivity index (χ0n) is 18.5. The minimum atomic E-state index is -0.579. The maximum atomic E-state index is 7.67. The predicted octanol–water partition coefficient (Wildman–Crippen LogP) is 3.39. The van der Waals surface area contributed by atoms with Crippen molar-refractivity contribution in [1.29, 1.82) is 5.41 Å². The van der Waals surface area contributed by atoms with E-state index in [0.717, 1.165) is 27.8 Å². The maximum absolute atomic E-state index is 7.67. The summed E-state index contributed by atoms with van der Waals surface area (Å²) in [5, 5.41) is 15.5. The van der Waals surface area contributed by atoms with Crippen LogP contribution in [0.2, 0.25) is 0 Å². The van der Waals surface area contributed by atoms with Gasteiger partial charge in [0.15, 0.2) is 0 Å². The molecule has 1 unspecified atom stereocenters. The summed E-state index contributed by atoms with van der Waals surface area (Å²) in [4.78, 5) is 4.55. The molecule has 1 spiro atoms. The molecule has 1 fully saturated rings. The van der Waals surface area contributed by atoms with Crippen molar-refractivity contribution < 1.29 is 14.2 Å². The maximum Gasteiger partial charge on any atom is 0.279 e. The summed E-state index contributed by atoms with van der Waals surface area (Å²) >= 11 is 0. The third kappa shape index (κ3) is 3.66. The minimum absolute atomic E-state index is 0.303. The van der Waals surface area contributed by atoms with E-state index in [9.17, 15) is 0 Å². The van der Waals surface area contributed by atoms with Crippen LogP contribution < -0.4 is 10.5 Å². The number of pyridine rings is 1. The van der Waals surface area contributed by atoms with Gasteiger partial charge in [-0.05, 0) is 43.7 Å². The third-order valence-corrected chi connectivity index (χ3v) is 6.10. The molecule has 166 valence electrons. The van der Waals surface area contributed by atoms with E-state index in [1.165, 1.54) is 0 Å². The topological polar surface area (TPSA) is 116 Å². The lowest BCUT2D eigenvalue weighted by atomic mass is 9.83. The summed E-state index contributed by atoms with van der Waals surface area (Å²) in [7, 11) is 1.63. The number of ether oxygens (including phenoxy) is 3. The molecular weight excluding hydrogens is 418 g/mol. The Hall–Kier alpha value is -3.96. The van der Waals surface area contributed by atoms with Gasteiger partial charge in [0, 0.05) is 42.0 Å². The average molecular weight is 441 g/mol. The first-order chi connectivity index (χ1) is 15.8. The molecule has 1 aromatic carbocycles. The van der Waals surface area contributed by atoms with Crippen LogP contribution in [0.15, 0.2) is 48.9 Å². The number of amidine groups is 1. The number of rotatable bonds is 3. The Balaban J connectivity index is 1.63. The van der Waals surface area contributed by atoms with E-state index in [1.807, 2.05) is 38.1 Å². The van der Waals surface area contributed by atoms with E-state index in [-0.39, 0.29) is 12.1 Å². The van der Waals surface area contributed by atoms with Crippen LogP contribution in [0.25, 0.3) is 11.1 Å². The van der Waals surface area contributed by atoms with E-state index in [4.69, 9.17) is 25.4 Å². The van der Waals surface area contributed by atoms with E-state index < -0.39 is 11.0 Å². The summed E-state index contributed by atoms with van der Waals surface area (Å²) in [6, 6.07) is 9.55. The summed E-state index contributed by atoms with van der Waals surface area (Å²) in [6.07, 6.45) is 5.41. The first-order valence-electron chi connectivity index (χ1n) is 10.5. The first-order valence-corrected chi connectivity index (χ1v) is 10.5. The number of nitrogens with one attached hydrogen (secondary N) is 1. The van der Waals surface area contributed by atoms with Gasteiger partial charge in [0.2, 0.25) is 5.88 Å². The number of nitrogens with zero attached hydrogens (tertiary/aromatic N) is 3. The van der Waals surface area contributed by atoms with E-state index >= 15 is 0 Å². The Kier molecular flexibility index (Phi) is 4.80. The summed E-state index contributed by atoms with van der Waals surface area (Å²) in [5.74, 6) is 7.48. The summed E-state index contributed by atoms with van der Waals surface area (Å²) in [5.41, 5.74) is 8.97. The normalized spacial score (nSPS) is 20.0. The summed E-state index contributed by atoms with van der Waals surface area (Å²) in [6.45, 7) is 3.81. The molecule has 3 heterocycles.